The number of nitrogens with one attached hydrogen (secondary N) is 1. The molecule has 1 aromatic carbocycles. The second-order valence-corrected chi connectivity index (χ2v) is 7.75. The summed E-state index contributed by atoms with van der Waals surface area (Å²) in [5.74, 6) is -0.190. The van der Waals surface area contributed by atoms with Crippen molar-refractivity contribution in [1.29, 1.82) is 0 Å². The molecule has 4 nitrogen and oxygen atoms in total. The minimum atomic E-state index is -0.190. The fourth-order valence-corrected chi connectivity index (χ4v) is 4.05. The van der Waals surface area contributed by atoms with Crippen LogP contribution in [0.1, 0.15) is 16.6 Å². The van der Waals surface area contributed by atoms with Gasteiger partial charge in [0.25, 0.3) is 5.91 Å². The number of hydrogen-bond donors (Lipinski definition) is 3. The van der Waals surface area contributed by atoms with Crippen LogP contribution in [0, 0.1) is 0 Å². The Morgan fingerprint density at radius 1 is 1.57 bits per heavy atom. The highest BCUT2D eigenvalue weighted by atomic mass is 79.9. The summed E-state index contributed by atoms with van der Waals surface area (Å²) in [5, 5.41) is 13.0. The van der Waals surface area contributed by atoms with E-state index in [1.165, 1.54) is 23.1 Å². The first kappa shape index (κ1) is 16.6. The molecule has 1 amide bonds. The van der Waals surface area contributed by atoms with Gasteiger partial charge < -0.3 is 16.2 Å². The van der Waals surface area contributed by atoms with E-state index >= 15 is 0 Å². The first-order chi connectivity index (χ1) is 9.97. The second kappa shape index (κ2) is 7.00. The maximum Gasteiger partial charge on any atom is 0.263 e. The third-order valence-corrected chi connectivity index (χ3v) is 6.14. The van der Waals surface area contributed by atoms with Crippen molar-refractivity contribution in [3.05, 3.63) is 27.5 Å². The smallest absolute Gasteiger partial charge is 0.263 e. The number of benzene rings is 1. The number of thioether (sulfide) groups is 1. The van der Waals surface area contributed by atoms with Crippen LogP contribution in [0.3, 0.4) is 0 Å². The molecule has 21 heavy (non-hydrogen) atoms. The number of anilines is 1. The number of nitrogen functional groups attached to an aromatic ring is 1. The largest absolute Gasteiger partial charge is 0.397 e. The predicted octanol–water partition coefficient (Wildman–Crippen LogP) is 3.09. The fraction of sp³-hybridized carbons (Fsp3) is 0.357. The Kier molecular flexibility index (Phi) is 5.54. The predicted molar refractivity (Wildman–Crippen MR) is 95.3 cm³/mol. The molecule has 1 aromatic heterocycles. The number of fused-ring (bicyclic) bond motifs is 1. The van der Waals surface area contributed by atoms with E-state index < -0.39 is 0 Å². The molecule has 1 heterocycles. The number of carbonyl (C=O) groups excluding carboxylic acids is 1. The molecule has 0 aliphatic heterocycles. The van der Waals surface area contributed by atoms with Crippen molar-refractivity contribution in [3.8, 4) is 0 Å². The number of nitrogens with two attached hydrogens (primary N) is 1. The van der Waals surface area contributed by atoms with Gasteiger partial charge in [0, 0.05) is 25.9 Å². The van der Waals surface area contributed by atoms with E-state index in [0.717, 1.165) is 14.6 Å². The van der Waals surface area contributed by atoms with Crippen LogP contribution in [0.4, 0.5) is 5.69 Å². The second-order valence-electron chi connectivity index (χ2n) is 4.70. The van der Waals surface area contributed by atoms with Crippen molar-refractivity contribution >= 4 is 60.7 Å². The van der Waals surface area contributed by atoms with Crippen LogP contribution in [0.25, 0.3) is 10.1 Å². The number of amides is 1. The standard InChI is InChI=1S/C14H17BrN2O2S2/c1-7(11(6-18)20-2)17-14(19)13-12(16)9-5-8(15)3-4-10(9)21-13/h3-5,7,11,18H,6,16H2,1-2H3,(H,17,19). The zero-order valence-electron chi connectivity index (χ0n) is 11.7. The molecule has 0 radical (unpaired) electrons. The third-order valence-electron chi connectivity index (χ3n) is 3.29. The van der Waals surface area contributed by atoms with Crippen molar-refractivity contribution in [2.75, 3.05) is 18.6 Å². The molecule has 0 spiro atoms. The third kappa shape index (κ3) is 3.53. The number of thiophene rings is 1. The topological polar surface area (TPSA) is 75.3 Å². The van der Waals surface area contributed by atoms with Crippen molar-refractivity contribution in [2.45, 2.75) is 18.2 Å². The number of hydrogen-bond acceptors (Lipinski definition) is 5. The molecule has 114 valence electrons. The summed E-state index contributed by atoms with van der Waals surface area (Å²) in [6, 6.07) is 5.66. The molecule has 2 aromatic rings. The highest BCUT2D eigenvalue weighted by Gasteiger charge is 2.21. The quantitative estimate of drug-likeness (QED) is 0.735. The maximum atomic E-state index is 12.4. The fourth-order valence-electron chi connectivity index (χ4n) is 2.06. The normalized spacial score (nSPS) is 14.1. The van der Waals surface area contributed by atoms with Crippen molar-refractivity contribution in [2.24, 2.45) is 0 Å². The average Bonchev–Trinajstić information content (AvgIpc) is 2.77. The Morgan fingerprint density at radius 2 is 2.29 bits per heavy atom. The van der Waals surface area contributed by atoms with Gasteiger partial charge in [-0.15, -0.1) is 11.3 Å². The Balaban J connectivity index is 2.25. The summed E-state index contributed by atoms with van der Waals surface area (Å²) >= 11 is 6.32. The maximum absolute atomic E-state index is 12.4. The Bertz CT molecular complexity index is 656. The highest BCUT2D eigenvalue weighted by molar-refractivity contribution is 9.10. The van der Waals surface area contributed by atoms with E-state index in [1.54, 1.807) is 0 Å². The average molecular weight is 389 g/mol. The summed E-state index contributed by atoms with van der Waals surface area (Å²) < 4.78 is 1.92. The Hall–Kier alpha value is -0.760. The summed E-state index contributed by atoms with van der Waals surface area (Å²) in [4.78, 5) is 12.9. The number of halogens is 1. The van der Waals surface area contributed by atoms with Gasteiger partial charge in [0.05, 0.1) is 12.3 Å². The summed E-state index contributed by atoms with van der Waals surface area (Å²) in [5.41, 5.74) is 6.61. The SMILES string of the molecule is CSC(CO)C(C)NC(=O)c1sc2ccc(Br)cc2c1N. The molecule has 0 aliphatic rings. The van der Waals surface area contributed by atoms with E-state index in [1.807, 2.05) is 31.4 Å². The van der Waals surface area contributed by atoms with Crippen LogP contribution in [-0.2, 0) is 0 Å². The van der Waals surface area contributed by atoms with Crippen LogP contribution in [0.2, 0.25) is 0 Å². The van der Waals surface area contributed by atoms with Crippen LogP contribution < -0.4 is 11.1 Å². The first-order valence-corrected chi connectivity index (χ1v) is 9.29. The molecule has 2 rings (SSSR count). The van der Waals surface area contributed by atoms with Gasteiger partial charge in [0.2, 0.25) is 0 Å². The van der Waals surface area contributed by atoms with E-state index in [9.17, 15) is 9.90 Å². The van der Waals surface area contributed by atoms with E-state index in [4.69, 9.17) is 5.73 Å². The van der Waals surface area contributed by atoms with Gasteiger partial charge >= 0.3 is 0 Å². The summed E-state index contributed by atoms with van der Waals surface area (Å²) in [6.45, 7) is 1.91. The number of aliphatic hydroxyl groups excluding tert-OH is 1. The van der Waals surface area contributed by atoms with Gasteiger partial charge in [0.1, 0.15) is 4.88 Å². The van der Waals surface area contributed by atoms with E-state index in [2.05, 4.69) is 21.2 Å². The molecule has 4 N–H and O–H groups in total. The van der Waals surface area contributed by atoms with Gasteiger partial charge in [-0.05, 0) is 31.4 Å². The Labute approximate surface area is 140 Å². The Morgan fingerprint density at radius 3 is 2.90 bits per heavy atom. The van der Waals surface area contributed by atoms with Gasteiger partial charge in [-0.2, -0.15) is 11.8 Å². The van der Waals surface area contributed by atoms with Crippen LogP contribution >= 0.6 is 39.0 Å². The lowest BCUT2D eigenvalue weighted by Crippen LogP contribution is -2.41. The molecular formula is C14H17BrN2O2S2. The van der Waals surface area contributed by atoms with Crippen LogP contribution in [0.5, 0.6) is 0 Å². The molecule has 0 saturated carbocycles. The van der Waals surface area contributed by atoms with Crippen LogP contribution in [0.15, 0.2) is 22.7 Å². The number of aliphatic hydroxyl groups is 1. The monoisotopic (exact) mass is 388 g/mol. The molecule has 0 aliphatic carbocycles. The molecule has 0 bridgehead atoms. The lowest BCUT2D eigenvalue weighted by molar-refractivity contribution is 0.0941. The van der Waals surface area contributed by atoms with Crippen molar-refractivity contribution in [3.63, 3.8) is 0 Å². The molecule has 0 saturated heterocycles. The minimum absolute atomic E-state index is 0.0253. The number of carbonyl (C=O) groups is 1. The molecule has 2 unspecified atom stereocenters. The van der Waals surface area contributed by atoms with E-state index in [0.29, 0.717) is 10.6 Å². The molecule has 2 atom stereocenters. The van der Waals surface area contributed by atoms with E-state index in [-0.39, 0.29) is 23.8 Å². The zero-order valence-corrected chi connectivity index (χ0v) is 14.9. The number of rotatable bonds is 5. The van der Waals surface area contributed by atoms with Crippen LogP contribution in [-0.4, -0.2) is 35.2 Å². The highest BCUT2D eigenvalue weighted by Crippen LogP contribution is 2.35. The minimum Gasteiger partial charge on any atom is -0.397 e. The molecular weight excluding hydrogens is 372 g/mol. The molecule has 0 fully saturated rings. The van der Waals surface area contributed by atoms with Crippen molar-refractivity contribution in [1.82, 2.24) is 5.32 Å². The zero-order chi connectivity index (χ0) is 15.6. The van der Waals surface area contributed by atoms with Gasteiger partial charge in [0.15, 0.2) is 0 Å². The van der Waals surface area contributed by atoms with Gasteiger partial charge in [-0.3, -0.25) is 4.79 Å². The summed E-state index contributed by atoms with van der Waals surface area (Å²) in [6.07, 6.45) is 1.91. The first-order valence-electron chi connectivity index (χ1n) is 6.40. The van der Waals surface area contributed by atoms with Gasteiger partial charge in [-0.1, -0.05) is 15.9 Å². The van der Waals surface area contributed by atoms with Gasteiger partial charge in [-0.25, -0.2) is 0 Å². The lowest BCUT2D eigenvalue weighted by Gasteiger charge is -2.21. The summed E-state index contributed by atoms with van der Waals surface area (Å²) in [7, 11) is 0. The van der Waals surface area contributed by atoms with Crippen molar-refractivity contribution < 1.29 is 9.90 Å². The lowest BCUT2D eigenvalue weighted by atomic mass is 10.2. The molecule has 7 heteroatoms.